The van der Waals surface area contributed by atoms with Crippen LogP contribution in [0.4, 0.5) is 0 Å². The number of fused-ring (bicyclic) bond motifs is 1. The molecule has 2 aromatic rings. The van der Waals surface area contributed by atoms with Crippen molar-refractivity contribution in [2.45, 2.75) is 25.8 Å². The van der Waals surface area contributed by atoms with Gasteiger partial charge in [0.05, 0.1) is 24.7 Å². The Morgan fingerprint density at radius 3 is 2.74 bits per heavy atom. The van der Waals surface area contributed by atoms with Crippen molar-refractivity contribution in [3.8, 4) is 17.6 Å². The molecule has 31 heavy (non-hydrogen) atoms. The second-order valence-corrected chi connectivity index (χ2v) is 7.85. The van der Waals surface area contributed by atoms with Crippen LogP contribution in [0.3, 0.4) is 0 Å². The summed E-state index contributed by atoms with van der Waals surface area (Å²) in [6.45, 7) is 6.60. The van der Waals surface area contributed by atoms with Gasteiger partial charge in [0, 0.05) is 37.9 Å². The van der Waals surface area contributed by atoms with Crippen LogP contribution < -0.4 is 16.0 Å². The fraction of sp³-hybridized carbons (Fsp3) is 0.391. The Hall–Kier alpha value is -3.28. The zero-order chi connectivity index (χ0) is 22.0. The van der Waals surface area contributed by atoms with E-state index in [1.165, 1.54) is 0 Å². The minimum absolute atomic E-state index is 0.0211. The van der Waals surface area contributed by atoms with Gasteiger partial charge in [-0.3, -0.25) is 9.69 Å². The van der Waals surface area contributed by atoms with E-state index in [4.69, 9.17) is 15.2 Å². The number of hydrogen-bond acceptors (Lipinski definition) is 7. The van der Waals surface area contributed by atoms with Gasteiger partial charge in [0.15, 0.2) is 0 Å². The minimum atomic E-state index is -0.695. The van der Waals surface area contributed by atoms with Gasteiger partial charge in [-0.05, 0) is 31.0 Å². The Labute approximate surface area is 180 Å². The monoisotopic (exact) mass is 422 g/mol. The lowest BCUT2D eigenvalue weighted by atomic mass is 9.84. The van der Waals surface area contributed by atoms with Crippen LogP contribution >= 0.6 is 0 Å². The normalized spacial score (nSPS) is 18.9. The molecule has 3 heterocycles. The predicted molar refractivity (Wildman–Crippen MR) is 115 cm³/mol. The summed E-state index contributed by atoms with van der Waals surface area (Å²) in [6, 6.07) is 10.4. The number of nitrogens with zero attached hydrogens (tertiary/aromatic N) is 3. The van der Waals surface area contributed by atoms with Crippen molar-refractivity contribution in [2.75, 3.05) is 32.8 Å². The number of benzene rings is 1. The maximum atomic E-state index is 13.6. The number of phenols is 1. The van der Waals surface area contributed by atoms with Gasteiger partial charge in [-0.1, -0.05) is 12.1 Å². The molecule has 1 saturated heterocycles. The average molecular weight is 422 g/mol. The number of allylic oxidation sites excluding steroid dienone is 1. The van der Waals surface area contributed by atoms with Crippen molar-refractivity contribution in [3.05, 3.63) is 69.0 Å². The summed E-state index contributed by atoms with van der Waals surface area (Å²) in [7, 11) is 0. The molecule has 2 aliphatic heterocycles. The first-order chi connectivity index (χ1) is 15.0. The number of nitrogens with two attached hydrogens (primary N) is 1. The number of aromatic hydroxyl groups is 1. The largest absolute Gasteiger partial charge is 0.508 e. The molecule has 8 heteroatoms. The zero-order valence-corrected chi connectivity index (χ0v) is 17.5. The van der Waals surface area contributed by atoms with Gasteiger partial charge in [-0.25, -0.2) is 0 Å². The summed E-state index contributed by atoms with van der Waals surface area (Å²) < 4.78 is 12.8. The first kappa shape index (κ1) is 21.0. The van der Waals surface area contributed by atoms with E-state index in [1.807, 2.05) is 6.92 Å². The number of aromatic nitrogens is 1. The molecule has 0 spiro atoms. The van der Waals surface area contributed by atoms with Crippen LogP contribution in [-0.4, -0.2) is 47.4 Å². The molecule has 1 atom stereocenters. The van der Waals surface area contributed by atoms with E-state index in [0.29, 0.717) is 23.4 Å². The van der Waals surface area contributed by atoms with Gasteiger partial charge >= 0.3 is 0 Å². The standard InChI is InChI=1S/C23H26N4O4/c1-15-12-19-21(23(29)27(15)7-3-6-26-8-10-30-11-9-26)20(18(14-24)22(25)31-19)16-4-2-5-17(28)13-16/h2,4-5,12-13,20,28H,3,6-11,25H2,1H3/t20-/m1/s1. The number of pyridine rings is 1. The first-order valence-corrected chi connectivity index (χ1v) is 10.4. The SMILES string of the molecule is Cc1cc2c(c(=O)n1CCCN1CCOCC1)[C@H](c1cccc(O)c1)C(C#N)=C(N)O2. The summed E-state index contributed by atoms with van der Waals surface area (Å²) in [4.78, 5) is 15.9. The minimum Gasteiger partial charge on any atom is -0.508 e. The van der Waals surface area contributed by atoms with Crippen LogP contribution in [0, 0.1) is 18.3 Å². The third-order valence-electron chi connectivity index (χ3n) is 5.85. The highest BCUT2D eigenvalue weighted by atomic mass is 16.5. The molecule has 0 bridgehead atoms. The smallest absolute Gasteiger partial charge is 0.258 e. The maximum absolute atomic E-state index is 13.6. The average Bonchev–Trinajstić information content (AvgIpc) is 2.76. The summed E-state index contributed by atoms with van der Waals surface area (Å²) >= 11 is 0. The number of ether oxygens (including phenoxy) is 2. The first-order valence-electron chi connectivity index (χ1n) is 10.4. The molecule has 4 rings (SSSR count). The fourth-order valence-corrected chi connectivity index (χ4v) is 4.28. The molecule has 0 radical (unpaired) electrons. The van der Waals surface area contributed by atoms with Crippen LogP contribution in [0.15, 0.2) is 46.6 Å². The lowest BCUT2D eigenvalue weighted by molar-refractivity contribution is 0.0369. The van der Waals surface area contributed by atoms with Crippen molar-refractivity contribution < 1.29 is 14.6 Å². The Morgan fingerprint density at radius 2 is 2.03 bits per heavy atom. The summed E-state index contributed by atoms with van der Waals surface area (Å²) in [5.41, 5.74) is 7.74. The molecule has 8 nitrogen and oxygen atoms in total. The Kier molecular flexibility index (Phi) is 5.98. The zero-order valence-electron chi connectivity index (χ0n) is 17.5. The third kappa shape index (κ3) is 4.15. The van der Waals surface area contributed by atoms with Gasteiger partial charge in [-0.15, -0.1) is 0 Å². The Bertz CT molecular complexity index is 1110. The molecular weight excluding hydrogens is 396 g/mol. The number of hydrogen-bond donors (Lipinski definition) is 2. The van der Waals surface area contributed by atoms with Crippen molar-refractivity contribution in [1.82, 2.24) is 9.47 Å². The number of rotatable bonds is 5. The highest BCUT2D eigenvalue weighted by molar-refractivity contribution is 5.55. The molecule has 3 N–H and O–H groups in total. The van der Waals surface area contributed by atoms with Crippen molar-refractivity contribution in [3.63, 3.8) is 0 Å². The van der Waals surface area contributed by atoms with E-state index in [9.17, 15) is 15.2 Å². The number of aryl methyl sites for hydroxylation is 1. The van der Waals surface area contributed by atoms with Crippen LogP contribution in [-0.2, 0) is 11.3 Å². The van der Waals surface area contributed by atoms with Crippen LogP contribution in [0.25, 0.3) is 0 Å². The van der Waals surface area contributed by atoms with Crippen LogP contribution in [0.5, 0.6) is 11.5 Å². The van der Waals surface area contributed by atoms with E-state index < -0.39 is 5.92 Å². The molecule has 1 aromatic heterocycles. The molecule has 1 aromatic carbocycles. The molecule has 162 valence electrons. The molecule has 0 aliphatic carbocycles. The van der Waals surface area contributed by atoms with Gasteiger partial charge in [-0.2, -0.15) is 5.26 Å². The van der Waals surface area contributed by atoms with Crippen molar-refractivity contribution >= 4 is 0 Å². The topological polar surface area (TPSA) is 114 Å². The van der Waals surface area contributed by atoms with E-state index in [2.05, 4.69) is 11.0 Å². The van der Waals surface area contributed by atoms with Crippen molar-refractivity contribution in [1.29, 1.82) is 5.26 Å². The molecule has 2 aliphatic rings. The Balaban J connectivity index is 1.70. The predicted octanol–water partition coefficient (Wildman–Crippen LogP) is 1.80. The highest BCUT2D eigenvalue weighted by Crippen LogP contribution is 2.41. The molecule has 0 amide bonds. The fourth-order valence-electron chi connectivity index (χ4n) is 4.28. The molecule has 1 fully saturated rings. The molecule has 0 saturated carbocycles. The molecular formula is C23H26N4O4. The van der Waals surface area contributed by atoms with Gasteiger partial charge < -0.3 is 24.9 Å². The van der Waals surface area contributed by atoms with Gasteiger partial charge in [0.25, 0.3) is 5.56 Å². The van der Waals surface area contributed by atoms with Crippen LogP contribution in [0.2, 0.25) is 0 Å². The summed E-state index contributed by atoms with van der Waals surface area (Å²) in [5, 5.41) is 19.7. The quantitative estimate of drug-likeness (QED) is 0.755. The maximum Gasteiger partial charge on any atom is 0.258 e. The Morgan fingerprint density at radius 1 is 1.26 bits per heavy atom. The van der Waals surface area contributed by atoms with Crippen LogP contribution in [0.1, 0.15) is 29.2 Å². The number of nitriles is 1. The second-order valence-electron chi connectivity index (χ2n) is 7.85. The number of phenolic OH excluding ortho intramolecular Hbond substituents is 1. The lowest BCUT2D eigenvalue weighted by Gasteiger charge is -2.28. The number of morpholine rings is 1. The summed E-state index contributed by atoms with van der Waals surface area (Å²) in [6.07, 6.45) is 0.820. The van der Waals surface area contributed by atoms with Gasteiger partial charge in [0.1, 0.15) is 23.1 Å². The van der Waals surface area contributed by atoms with E-state index >= 15 is 0 Å². The van der Waals surface area contributed by atoms with E-state index in [1.54, 1.807) is 34.9 Å². The van der Waals surface area contributed by atoms with Crippen molar-refractivity contribution in [2.24, 2.45) is 5.73 Å². The third-order valence-corrected chi connectivity index (χ3v) is 5.85. The van der Waals surface area contributed by atoms with E-state index in [0.717, 1.165) is 45.0 Å². The van der Waals surface area contributed by atoms with Gasteiger partial charge in [0.2, 0.25) is 5.88 Å². The summed E-state index contributed by atoms with van der Waals surface area (Å²) in [5.74, 6) is -0.303. The molecule has 0 unspecified atom stereocenters. The second kappa shape index (κ2) is 8.84. The highest BCUT2D eigenvalue weighted by Gasteiger charge is 2.34. The lowest BCUT2D eigenvalue weighted by Crippen LogP contribution is -2.38. The van der Waals surface area contributed by atoms with E-state index in [-0.39, 0.29) is 22.8 Å².